The molecule has 0 spiro atoms. The van der Waals surface area contributed by atoms with E-state index in [0.717, 1.165) is 17.5 Å². The molecule has 1 aromatic rings. The maximum absolute atomic E-state index is 4.34. The minimum Gasteiger partial charge on any atom is -0.155 e. The van der Waals surface area contributed by atoms with E-state index in [9.17, 15) is 0 Å². The van der Waals surface area contributed by atoms with E-state index in [0.29, 0.717) is 11.8 Å². The fourth-order valence-corrected chi connectivity index (χ4v) is 2.15. The third-order valence-corrected chi connectivity index (χ3v) is 3.37. The molecule has 2 rings (SSSR count). The van der Waals surface area contributed by atoms with Gasteiger partial charge in [-0.15, -0.1) is 0 Å². The molecule has 1 aliphatic rings. The molecule has 2 unspecified atom stereocenters. The molecular formula is C13H20N2. The lowest BCUT2D eigenvalue weighted by Crippen LogP contribution is -1.99. The molecule has 1 heterocycles. The first-order valence-electron chi connectivity index (χ1n) is 5.93. The molecule has 15 heavy (non-hydrogen) atoms. The molecule has 0 amide bonds. The maximum atomic E-state index is 4.34. The van der Waals surface area contributed by atoms with Gasteiger partial charge in [-0.05, 0) is 36.3 Å². The summed E-state index contributed by atoms with van der Waals surface area (Å²) in [5.41, 5.74) is 2.29. The highest BCUT2D eigenvalue weighted by Gasteiger charge is 2.41. The van der Waals surface area contributed by atoms with Crippen LogP contribution in [-0.2, 0) is 0 Å². The van der Waals surface area contributed by atoms with Crippen LogP contribution in [0.2, 0.25) is 0 Å². The standard InChI is InChI=1S/C13H20N2/c1-8(2)10-7-11(10)13-6-5-12(9(3)4)14-15-13/h5-6,8-11H,7H2,1-4H3. The Bertz CT molecular complexity index is 327. The zero-order valence-electron chi connectivity index (χ0n) is 10.1. The predicted molar refractivity (Wildman–Crippen MR) is 61.8 cm³/mol. The molecule has 0 radical (unpaired) electrons. The van der Waals surface area contributed by atoms with E-state index in [1.807, 2.05) is 0 Å². The summed E-state index contributed by atoms with van der Waals surface area (Å²) >= 11 is 0. The van der Waals surface area contributed by atoms with Crippen LogP contribution in [0.4, 0.5) is 0 Å². The quantitative estimate of drug-likeness (QED) is 0.754. The van der Waals surface area contributed by atoms with Crippen molar-refractivity contribution in [2.45, 2.75) is 46.0 Å². The number of rotatable bonds is 3. The second-order valence-electron chi connectivity index (χ2n) is 5.29. The molecule has 2 heteroatoms. The highest BCUT2D eigenvalue weighted by atomic mass is 15.1. The average molecular weight is 204 g/mol. The van der Waals surface area contributed by atoms with Gasteiger partial charge in [-0.25, -0.2) is 0 Å². The summed E-state index contributed by atoms with van der Waals surface area (Å²) in [6, 6.07) is 4.29. The Morgan fingerprint density at radius 2 is 1.87 bits per heavy atom. The van der Waals surface area contributed by atoms with Gasteiger partial charge < -0.3 is 0 Å². The van der Waals surface area contributed by atoms with E-state index in [1.54, 1.807) is 0 Å². The van der Waals surface area contributed by atoms with Crippen molar-refractivity contribution >= 4 is 0 Å². The third-order valence-electron chi connectivity index (χ3n) is 3.37. The van der Waals surface area contributed by atoms with E-state index in [2.05, 4.69) is 50.0 Å². The van der Waals surface area contributed by atoms with Crippen LogP contribution < -0.4 is 0 Å². The summed E-state index contributed by atoms with van der Waals surface area (Å²) in [4.78, 5) is 0. The highest BCUT2D eigenvalue weighted by molar-refractivity contribution is 5.19. The van der Waals surface area contributed by atoms with Crippen LogP contribution in [0, 0.1) is 11.8 Å². The number of nitrogens with zero attached hydrogens (tertiary/aromatic N) is 2. The molecule has 0 bridgehead atoms. The van der Waals surface area contributed by atoms with Gasteiger partial charge in [0.1, 0.15) is 0 Å². The molecule has 1 aromatic heterocycles. The molecule has 0 saturated heterocycles. The fourth-order valence-electron chi connectivity index (χ4n) is 2.15. The first kappa shape index (κ1) is 10.6. The molecule has 2 atom stereocenters. The van der Waals surface area contributed by atoms with Crippen LogP contribution >= 0.6 is 0 Å². The Morgan fingerprint density at radius 3 is 2.27 bits per heavy atom. The summed E-state index contributed by atoms with van der Waals surface area (Å²) in [5, 5.41) is 8.63. The molecule has 0 aromatic carbocycles. The van der Waals surface area contributed by atoms with Crippen LogP contribution in [0.5, 0.6) is 0 Å². The fraction of sp³-hybridized carbons (Fsp3) is 0.692. The van der Waals surface area contributed by atoms with Gasteiger partial charge in [0, 0.05) is 5.92 Å². The van der Waals surface area contributed by atoms with E-state index in [4.69, 9.17) is 0 Å². The van der Waals surface area contributed by atoms with E-state index < -0.39 is 0 Å². The van der Waals surface area contributed by atoms with Gasteiger partial charge in [0.15, 0.2) is 0 Å². The summed E-state index contributed by atoms with van der Waals surface area (Å²) in [5.74, 6) is 2.77. The SMILES string of the molecule is CC(C)c1ccc(C2CC2C(C)C)nn1. The second-order valence-corrected chi connectivity index (χ2v) is 5.29. The van der Waals surface area contributed by atoms with E-state index >= 15 is 0 Å². The van der Waals surface area contributed by atoms with Crippen molar-refractivity contribution in [3.63, 3.8) is 0 Å². The second kappa shape index (κ2) is 3.92. The largest absolute Gasteiger partial charge is 0.155 e. The van der Waals surface area contributed by atoms with Crippen molar-refractivity contribution in [2.75, 3.05) is 0 Å². The lowest BCUT2D eigenvalue weighted by Gasteiger charge is -2.05. The molecular weight excluding hydrogens is 184 g/mol. The monoisotopic (exact) mass is 204 g/mol. The van der Waals surface area contributed by atoms with E-state index in [-0.39, 0.29) is 0 Å². The molecule has 1 fully saturated rings. The van der Waals surface area contributed by atoms with Crippen molar-refractivity contribution in [1.29, 1.82) is 0 Å². The zero-order valence-corrected chi connectivity index (χ0v) is 10.1. The number of hydrogen-bond acceptors (Lipinski definition) is 2. The van der Waals surface area contributed by atoms with Crippen LogP contribution in [0.3, 0.4) is 0 Å². The number of hydrogen-bond donors (Lipinski definition) is 0. The van der Waals surface area contributed by atoms with Crippen LogP contribution in [-0.4, -0.2) is 10.2 Å². The Kier molecular flexibility index (Phi) is 2.76. The van der Waals surface area contributed by atoms with Crippen molar-refractivity contribution in [2.24, 2.45) is 11.8 Å². The minimum absolute atomic E-state index is 0.478. The zero-order chi connectivity index (χ0) is 11.0. The van der Waals surface area contributed by atoms with E-state index in [1.165, 1.54) is 12.1 Å². The van der Waals surface area contributed by atoms with Crippen LogP contribution in [0.25, 0.3) is 0 Å². The Hall–Kier alpha value is -0.920. The normalized spacial score (nSPS) is 24.9. The lowest BCUT2D eigenvalue weighted by molar-refractivity contribution is 0.544. The molecule has 2 nitrogen and oxygen atoms in total. The molecule has 1 aliphatic carbocycles. The maximum Gasteiger partial charge on any atom is 0.0665 e. The highest BCUT2D eigenvalue weighted by Crippen LogP contribution is 2.50. The van der Waals surface area contributed by atoms with Crippen molar-refractivity contribution in [3.8, 4) is 0 Å². The lowest BCUT2D eigenvalue weighted by atomic mass is 10.1. The summed E-state index contributed by atoms with van der Waals surface area (Å²) in [7, 11) is 0. The van der Waals surface area contributed by atoms with Crippen LogP contribution in [0.1, 0.15) is 57.3 Å². The molecule has 1 saturated carbocycles. The summed E-state index contributed by atoms with van der Waals surface area (Å²) in [6.07, 6.45) is 1.30. The van der Waals surface area contributed by atoms with Gasteiger partial charge in [-0.3, -0.25) is 0 Å². The molecule has 82 valence electrons. The van der Waals surface area contributed by atoms with Crippen molar-refractivity contribution < 1.29 is 0 Å². The third kappa shape index (κ3) is 2.19. The van der Waals surface area contributed by atoms with Gasteiger partial charge in [0.05, 0.1) is 11.4 Å². The van der Waals surface area contributed by atoms with Gasteiger partial charge in [0.2, 0.25) is 0 Å². The van der Waals surface area contributed by atoms with Gasteiger partial charge >= 0.3 is 0 Å². The number of aromatic nitrogens is 2. The Labute approximate surface area is 92.1 Å². The Balaban J connectivity index is 2.06. The van der Waals surface area contributed by atoms with Gasteiger partial charge in [-0.2, -0.15) is 10.2 Å². The molecule has 0 N–H and O–H groups in total. The van der Waals surface area contributed by atoms with Gasteiger partial charge in [0.25, 0.3) is 0 Å². The average Bonchev–Trinajstić information content (AvgIpc) is 2.97. The van der Waals surface area contributed by atoms with Crippen LogP contribution in [0.15, 0.2) is 12.1 Å². The first-order chi connectivity index (χ1) is 7.09. The smallest absolute Gasteiger partial charge is 0.0665 e. The Morgan fingerprint density at radius 1 is 1.13 bits per heavy atom. The first-order valence-corrected chi connectivity index (χ1v) is 5.93. The molecule has 0 aliphatic heterocycles. The topological polar surface area (TPSA) is 25.8 Å². The summed E-state index contributed by atoms with van der Waals surface area (Å²) < 4.78 is 0. The van der Waals surface area contributed by atoms with Gasteiger partial charge in [-0.1, -0.05) is 27.7 Å². The van der Waals surface area contributed by atoms with Crippen molar-refractivity contribution in [1.82, 2.24) is 10.2 Å². The van der Waals surface area contributed by atoms with Crippen molar-refractivity contribution in [3.05, 3.63) is 23.5 Å². The predicted octanol–water partition coefficient (Wildman–Crippen LogP) is 3.36. The minimum atomic E-state index is 0.478. The summed E-state index contributed by atoms with van der Waals surface area (Å²) in [6.45, 7) is 8.89.